The molecule has 0 amide bonds. The van der Waals surface area contributed by atoms with Crippen LogP contribution < -0.4 is 0 Å². The van der Waals surface area contributed by atoms with E-state index in [1.165, 1.54) is 0 Å². The summed E-state index contributed by atoms with van der Waals surface area (Å²) in [6.07, 6.45) is 0.920. The summed E-state index contributed by atoms with van der Waals surface area (Å²) in [6.45, 7) is -0.147. The fourth-order valence-electron chi connectivity index (χ4n) is 3.53. The van der Waals surface area contributed by atoms with Gasteiger partial charge in [0.1, 0.15) is 6.61 Å². The molecule has 0 aromatic heterocycles. The van der Waals surface area contributed by atoms with E-state index in [9.17, 15) is 15.0 Å². The normalized spacial score (nSPS) is 13.6. The summed E-state index contributed by atoms with van der Waals surface area (Å²) in [5.74, 6) is 1.04. The Morgan fingerprint density at radius 3 is 1.90 bits per heavy atom. The molecule has 148 valence electrons. The van der Waals surface area contributed by atoms with Crippen molar-refractivity contribution >= 4 is 27.5 Å². The van der Waals surface area contributed by atoms with Gasteiger partial charge >= 0.3 is 5.97 Å². The second-order valence-corrected chi connectivity index (χ2v) is 6.40. The third kappa shape index (κ3) is 3.71. The summed E-state index contributed by atoms with van der Waals surface area (Å²) in [6, 6.07) is 23.7. The first-order valence-corrected chi connectivity index (χ1v) is 10.6. The Hall–Kier alpha value is -2.89. The third-order valence-electron chi connectivity index (χ3n) is 4.88. The minimum atomic E-state index is -1.87. The smallest absolute Gasteiger partial charge is 0.348 e. The minimum Gasteiger partial charge on any atom is -0.515 e. The van der Waals surface area contributed by atoms with Crippen molar-refractivity contribution in [2.45, 2.75) is 5.60 Å². The molecule has 5 heteroatoms. The van der Waals surface area contributed by atoms with Crippen molar-refractivity contribution < 1.29 is 19.7 Å². The number of aliphatic hydroxyl groups excluding tert-OH is 1. The van der Waals surface area contributed by atoms with Crippen molar-refractivity contribution in [3.8, 4) is 11.1 Å². The lowest BCUT2D eigenvalue weighted by Crippen LogP contribution is -2.37. The van der Waals surface area contributed by atoms with E-state index in [1.807, 2.05) is 60.4 Å². The van der Waals surface area contributed by atoms with Crippen LogP contribution in [0.2, 0.25) is 0 Å². The molecule has 2 N–H and O–H groups in total. The monoisotopic (exact) mass is 452 g/mol. The van der Waals surface area contributed by atoms with Crippen LogP contribution in [0.4, 0.5) is 0 Å². The number of carbonyl (C=O) groups is 1. The molecule has 4 rings (SSSR count). The van der Waals surface area contributed by atoms with Crippen molar-refractivity contribution in [2.24, 2.45) is 0 Å². The van der Waals surface area contributed by atoms with Crippen molar-refractivity contribution in [3.63, 3.8) is 0 Å². The molecule has 0 saturated carbocycles. The molecule has 4 nitrogen and oxygen atoms in total. The number of hydrogen-bond donors (Lipinski definition) is 2. The first kappa shape index (κ1) is 20.8. The maximum atomic E-state index is 13.0. The fourth-order valence-corrected chi connectivity index (χ4v) is 3.53. The molecule has 0 spiro atoms. The number of aliphatic hydroxyl groups is 2. The van der Waals surface area contributed by atoms with Crippen LogP contribution in [0, 0.1) is 0 Å². The number of alkyl halides is 1. The average Bonchev–Trinajstić information content (AvgIpc) is 3.06. The van der Waals surface area contributed by atoms with Crippen molar-refractivity contribution in [3.05, 3.63) is 102 Å². The lowest BCUT2D eigenvalue weighted by molar-refractivity contribution is -0.160. The Labute approximate surface area is 178 Å². The lowest BCUT2D eigenvalue weighted by atomic mass is 9.91. The Morgan fingerprint density at radius 2 is 1.38 bits per heavy atom. The average molecular weight is 453 g/mol. The SMILES string of the molecule is CBr.O=C(OCC(=CO)c1ccccc1)C1(O)c2ccccc2-c2ccccc21. The number of hydrogen-bond acceptors (Lipinski definition) is 4. The summed E-state index contributed by atoms with van der Waals surface area (Å²) in [5, 5.41) is 20.9. The van der Waals surface area contributed by atoms with E-state index in [1.54, 1.807) is 24.3 Å². The van der Waals surface area contributed by atoms with Crippen LogP contribution in [0.15, 0.2) is 85.1 Å². The van der Waals surface area contributed by atoms with Crippen LogP contribution in [0.5, 0.6) is 0 Å². The van der Waals surface area contributed by atoms with Gasteiger partial charge < -0.3 is 14.9 Å². The van der Waals surface area contributed by atoms with Crippen LogP contribution in [-0.4, -0.2) is 28.6 Å². The number of fused-ring (bicyclic) bond motifs is 3. The van der Waals surface area contributed by atoms with Gasteiger partial charge in [-0.25, -0.2) is 4.79 Å². The summed E-state index contributed by atoms with van der Waals surface area (Å²) < 4.78 is 5.43. The molecule has 0 radical (unpaired) electrons. The van der Waals surface area contributed by atoms with Crippen LogP contribution in [0.25, 0.3) is 16.7 Å². The van der Waals surface area contributed by atoms with Gasteiger partial charge in [0.05, 0.1) is 6.26 Å². The summed E-state index contributed by atoms with van der Waals surface area (Å²) in [4.78, 5) is 13.0. The van der Waals surface area contributed by atoms with E-state index in [0.29, 0.717) is 16.7 Å². The maximum absolute atomic E-state index is 13.0. The maximum Gasteiger partial charge on any atom is 0.348 e. The number of halogens is 1. The quantitative estimate of drug-likeness (QED) is 0.330. The summed E-state index contributed by atoms with van der Waals surface area (Å²) in [7, 11) is 0. The van der Waals surface area contributed by atoms with E-state index >= 15 is 0 Å². The highest BCUT2D eigenvalue weighted by Gasteiger charge is 2.49. The summed E-state index contributed by atoms with van der Waals surface area (Å²) >= 11 is 2.94. The molecule has 0 heterocycles. The van der Waals surface area contributed by atoms with Gasteiger partial charge in [0.25, 0.3) is 0 Å². The molecule has 0 bridgehead atoms. The van der Waals surface area contributed by atoms with Crippen molar-refractivity contribution in [1.29, 1.82) is 0 Å². The number of esters is 1. The zero-order chi connectivity index (χ0) is 20.9. The standard InChI is InChI=1S/C23H18O4.CH3Br/c24-14-17(16-8-2-1-3-9-16)15-27-22(25)23(26)20-12-6-4-10-18(20)19-11-5-7-13-21(19)23;1-2/h1-14,24,26H,15H2;1H3. The molecular weight excluding hydrogens is 432 g/mol. The van der Waals surface area contributed by atoms with Crippen LogP contribution >= 0.6 is 15.9 Å². The molecule has 0 atom stereocenters. The van der Waals surface area contributed by atoms with Crippen molar-refractivity contribution in [2.75, 3.05) is 12.4 Å². The van der Waals surface area contributed by atoms with Crippen LogP contribution in [-0.2, 0) is 15.1 Å². The van der Waals surface area contributed by atoms with Gasteiger partial charge in [-0.15, -0.1) is 0 Å². The highest BCUT2D eigenvalue weighted by Crippen LogP contribution is 2.47. The molecule has 3 aromatic rings. The minimum absolute atomic E-state index is 0.147. The number of benzene rings is 3. The Kier molecular flexibility index (Phi) is 6.52. The van der Waals surface area contributed by atoms with Gasteiger partial charge in [-0.1, -0.05) is 94.8 Å². The number of ether oxygens (including phenoxy) is 1. The lowest BCUT2D eigenvalue weighted by Gasteiger charge is -2.23. The third-order valence-corrected chi connectivity index (χ3v) is 4.88. The molecule has 0 saturated heterocycles. The first-order chi connectivity index (χ1) is 14.2. The van der Waals surface area contributed by atoms with E-state index in [-0.39, 0.29) is 6.61 Å². The van der Waals surface area contributed by atoms with E-state index in [4.69, 9.17) is 4.74 Å². The second kappa shape index (κ2) is 9.07. The predicted octanol–water partition coefficient (Wildman–Crippen LogP) is 5.06. The fraction of sp³-hybridized carbons (Fsp3) is 0.125. The van der Waals surface area contributed by atoms with Gasteiger partial charge in [-0.3, -0.25) is 0 Å². The second-order valence-electron chi connectivity index (χ2n) is 6.40. The first-order valence-electron chi connectivity index (χ1n) is 9.01. The molecule has 1 aliphatic carbocycles. The topological polar surface area (TPSA) is 66.8 Å². The van der Waals surface area contributed by atoms with Gasteiger partial charge in [0.15, 0.2) is 0 Å². The highest BCUT2D eigenvalue weighted by molar-refractivity contribution is 9.08. The van der Waals surface area contributed by atoms with Crippen LogP contribution in [0.1, 0.15) is 16.7 Å². The molecule has 1 aliphatic rings. The van der Waals surface area contributed by atoms with Gasteiger partial charge in [-0.2, -0.15) is 0 Å². The molecule has 29 heavy (non-hydrogen) atoms. The number of rotatable bonds is 4. The van der Waals surface area contributed by atoms with E-state index in [0.717, 1.165) is 23.0 Å². The van der Waals surface area contributed by atoms with Gasteiger partial charge in [0.2, 0.25) is 5.60 Å². The Balaban J connectivity index is 0.00000117. The molecule has 0 aliphatic heterocycles. The van der Waals surface area contributed by atoms with Gasteiger partial charge in [0, 0.05) is 16.7 Å². The zero-order valence-electron chi connectivity index (χ0n) is 15.9. The summed E-state index contributed by atoms with van der Waals surface area (Å²) in [5.41, 5.74) is 1.96. The van der Waals surface area contributed by atoms with Crippen LogP contribution in [0.3, 0.4) is 0 Å². The van der Waals surface area contributed by atoms with E-state index < -0.39 is 11.6 Å². The van der Waals surface area contributed by atoms with Gasteiger partial charge in [-0.05, 0) is 22.5 Å². The van der Waals surface area contributed by atoms with Crippen molar-refractivity contribution in [1.82, 2.24) is 0 Å². The predicted molar refractivity (Wildman–Crippen MR) is 118 cm³/mol. The Bertz CT molecular complexity index is 982. The zero-order valence-corrected chi connectivity index (χ0v) is 17.5. The molecular formula is C24H21BrO4. The molecule has 0 unspecified atom stereocenters. The molecule has 3 aromatic carbocycles. The molecule has 0 fully saturated rings. The number of carbonyl (C=O) groups excluding carboxylic acids is 1. The Morgan fingerprint density at radius 1 is 0.897 bits per heavy atom. The highest BCUT2D eigenvalue weighted by atomic mass is 79.9. The van der Waals surface area contributed by atoms with E-state index in [2.05, 4.69) is 15.9 Å². The largest absolute Gasteiger partial charge is 0.515 e.